The summed E-state index contributed by atoms with van der Waals surface area (Å²) in [6.07, 6.45) is 1.70. The molecule has 3 heteroatoms. The molecule has 0 saturated heterocycles. The SMILES string of the molecule is CCCC(CC(=O)c1ccccc1)C(=O)OCc1ccccc1. The first-order valence-corrected chi connectivity index (χ1v) is 7.99. The number of ketones is 1. The van der Waals surface area contributed by atoms with Crippen LogP contribution in [0.5, 0.6) is 0 Å². The van der Waals surface area contributed by atoms with Crippen molar-refractivity contribution in [3.05, 3.63) is 71.8 Å². The molecular formula is C20H22O3. The van der Waals surface area contributed by atoms with Gasteiger partial charge in [-0.2, -0.15) is 0 Å². The van der Waals surface area contributed by atoms with Gasteiger partial charge in [-0.05, 0) is 12.0 Å². The lowest BCUT2D eigenvalue weighted by molar-refractivity contribution is -0.150. The molecule has 0 N–H and O–H groups in total. The number of carbonyl (C=O) groups is 2. The molecule has 2 aromatic rings. The summed E-state index contributed by atoms with van der Waals surface area (Å²) in [4.78, 5) is 24.6. The van der Waals surface area contributed by atoms with Crippen molar-refractivity contribution in [2.45, 2.75) is 32.8 Å². The minimum atomic E-state index is -0.378. The van der Waals surface area contributed by atoms with E-state index in [9.17, 15) is 9.59 Å². The molecule has 2 rings (SSSR count). The Balaban J connectivity index is 1.94. The molecule has 1 atom stereocenters. The zero-order valence-corrected chi connectivity index (χ0v) is 13.4. The Morgan fingerprint density at radius 1 is 0.957 bits per heavy atom. The van der Waals surface area contributed by atoms with Crippen LogP contribution in [0.1, 0.15) is 42.1 Å². The number of rotatable bonds is 8. The lowest BCUT2D eigenvalue weighted by atomic mass is 9.94. The first kappa shape index (κ1) is 16.9. The van der Waals surface area contributed by atoms with Crippen LogP contribution in [0.15, 0.2) is 60.7 Å². The molecule has 0 aliphatic carbocycles. The fourth-order valence-electron chi connectivity index (χ4n) is 2.46. The van der Waals surface area contributed by atoms with Crippen molar-refractivity contribution in [1.29, 1.82) is 0 Å². The lowest BCUT2D eigenvalue weighted by Crippen LogP contribution is -2.21. The van der Waals surface area contributed by atoms with E-state index in [4.69, 9.17) is 4.74 Å². The molecule has 23 heavy (non-hydrogen) atoms. The molecule has 0 fully saturated rings. The summed E-state index contributed by atoms with van der Waals surface area (Å²) >= 11 is 0. The van der Waals surface area contributed by atoms with Gasteiger partial charge in [-0.15, -0.1) is 0 Å². The van der Waals surface area contributed by atoms with Crippen LogP contribution in [0.25, 0.3) is 0 Å². The van der Waals surface area contributed by atoms with Crippen molar-refractivity contribution < 1.29 is 14.3 Å². The van der Waals surface area contributed by atoms with E-state index in [1.807, 2.05) is 55.5 Å². The van der Waals surface area contributed by atoms with Gasteiger partial charge in [0.15, 0.2) is 5.78 Å². The van der Waals surface area contributed by atoms with Gasteiger partial charge in [0.05, 0.1) is 5.92 Å². The quantitative estimate of drug-likeness (QED) is 0.535. The summed E-state index contributed by atoms with van der Waals surface area (Å²) < 4.78 is 5.39. The molecule has 2 aromatic carbocycles. The molecular weight excluding hydrogens is 288 g/mol. The van der Waals surface area contributed by atoms with Gasteiger partial charge >= 0.3 is 5.97 Å². The normalized spacial score (nSPS) is 11.7. The summed E-state index contributed by atoms with van der Waals surface area (Å²) in [6, 6.07) is 18.6. The molecule has 0 aliphatic heterocycles. The summed E-state index contributed by atoms with van der Waals surface area (Å²) in [5, 5.41) is 0. The Morgan fingerprint density at radius 2 is 1.57 bits per heavy atom. The van der Waals surface area contributed by atoms with Gasteiger partial charge in [-0.25, -0.2) is 0 Å². The zero-order chi connectivity index (χ0) is 16.5. The number of Topliss-reactive ketones (excluding diaryl/α,β-unsaturated/α-hetero) is 1. The van der Waals surface area contributed by atoms with E-state index in [2.05, 4.69) is 0 Å². The summed E-state index contributed by atoms with van der Waals surface area (Å²) in [5.41, 5.74) is 1.59. The number of esters is 1. The molecule has 0 radical (unpaired) electrons. The first-order chi connectivity index (χ1) is 11.2. The van der Waals surface area contributed by atoms with E-state index in [1.165, 1.54) is 0 Å². The Labute approximate surface area is 137 Å². The summed E-state index contributed by atoms with van der Waals surface area (Å²) in [7, 11) is 0. The van der Waals surface area contributed by atoms with Crippen LogP contribution < -0.4 is 0 Å². The van der Waals surface area contributed by atoms with Crippen LogP contribution in [0, 0.1) is 5.92 Å². The van der Waals surface area contributed by atoms with Crippen LogP contribution >= 0.6 is 0 Å². The molecule has 0 bridgehead atoms. The van der Waals surface area contributed by atoms with Gasteiger partial charge in [0.1, 0.15) is 6.61 Å². The van der Waals surface area contributed by atoms with Crippen molar-refractivity contribution in [1.82, 2.24) is 0 Å². The van der Waals surface area contributed by atoms with E-state index < -0.39 is 0 Å². The van der Waals surface area contributed by atoms with Crippen LogP contribution in [0.3, 0.4) is 0 Å². The van der Waals surface area contributed by atoms with Crippen LogP contribution in [-0.4, -0.2) is 11.8 Å². The van der Waals surface area contributed by atoms with Crippen LogP contribution in [-0.2, 0) is 16.1 Å². The minimum Gasteiger partial charge on any atom is -0.461 e. The van der Waals surface area contributed by atoms with Crippen molar-refractivity contribution in [3.63, 3.8) is 0 Å². The molecule has 0 heterocycles. The highest BCUT2D eigenvalue weighted by Crippen LogP contribution is 2.18. The predicted molar refractivity (Wildman–Crippen MR) is 90.0 cm³/mol. The fourth-order valence-corrected chi connectivity index (χ4v) is 2.46. The van der Waals surface area contributed by atoms with E-state index in [-0.39, 0.29) is 30.7 Å². The second-order valence-corrected chi connectivity index (χ2v) is 5.57. The summed E-state index contributed by atoms with van der Waals surface area (Å²) in [6.45, 7) is 2.25. The fraction of sp³-hybridized carbons (Fsp3) is 0.300. The highest BCUT2D eigenvalue weighted by Gasteiger charge is 2.23. The average Bonchev–Trinajstić information content (AvgIpc) is 2.61. The van der Waals surface area contributed by atoms with E-state index >= 15 is 0 Å². The number of ether oxygens (including phenoxy) is 1. The number of hydrogen-bond donors (Lipinski definition) is 0. The van der Waals surface area contributed by atoms with E-state index in [1.54, 1.807) is 12.1 Å². The predicted octanol–water partition coefficient (Wildman–Crippen LogP) is 4.42. The number of hydrogen-bond acceptors (Lipinski definition) is 3. The second kappa shape index (κ2) is 8.89. The third kappa shape index (κ3) is 5.37. The van der Waals surface area contributed by atoms with Gasteiger partial charge in [-0.3, -0.25) is 9.59 Å². The first-order valence-electron chi connectivity index (χ1n) is 7.99. The number of carbonyl (C=O) groups excluding carboxylic acids is 2. The van der Waals surface area contributed by atoms with Gasteiger partial charge in [0.25, 0.3) is 0 Å². The van der Waals surface area contributed by atoms with Gasteiger partial charge in [0, 0.05) is 12.0 Å². The lowest BCUT2D eigenvalue weighted by Gasteiger charge is -2.15. The van der Waals surface area contributed by atoms with E-state index in [0.717, 1.165) is 12.0 Å². The topological polar surface area (TPSA) is 43.4 Å². The molecule has 3 nitrogen and oxygen atoms in total. The second-order valence-electron chi connectivity index (χ2n) is 5.57. The Bertz CT molecular complexity index is 620. The highest BCUT2D eigenvalue weighted by molar-refractivity contribution is 5.98. The largest absolute Gasteiger partial charge is 0.461 e. The standard InChI is InChI=1S/C20H22O3/c1-2-9-18(14-19(21)17-12-7-4-8-13-17)20(22)23-15-16-10-5-3-6-11-16/h3-8,10-13,18H,2,9,14-15H2,1H3. The third-order valence-electron chi connectivity index (χ3n) is 3.72. The summed E-state index contributed by atoms with van der Waals surface area (Å²) in [5.74, 6) is -0.683. The molecule has 0 aliphatic rings. The van der Waals surface area contributed by atoms with Crippen LogP contribution in [0.4, 0.5) is 0 Å². The molecule has 120 valence electrons. The maximum atomic E-state index is 12.3. The van der Waals surface area contributed by atoms with Gasteiger partial charge in [0.2, 0.25) is 0 Å². The van der Waals surface area contributed by atoms with Crippen LogP contribution in [0.2, 0.25) is 0 Å². The van der Waals surface area contributed by atoms with Gasteiger partial charge in [-0.1, -0.05) is 74.0 Å². The highest BCUT2D eigenvalue weighted by atomic mass is 16.5. The molecule has 1 unspecified atom stereocenters. The molecule has 0 aromatic heterocycles. The Kier molecular flexibility index (Phi) is 6.55. The Hall–Kier alpha value is -2.42. The third-order valence-corrected chi connectivity index (χ3v) is 3.72. The number of benzene rings is 2. The zero-order valence-electron chi connectivity index (χ0n) is 13.4. The average molecular weight is 310 g/mol. The molecule has 0 spiro atoms. The van der Waals surface area contributed by atoms with Crippen molar-refractivity contribution in [2.24, 2.45) is 5.92 Å². The smallest absolute Gasteiger partial charge is 0.309 e. The van der Waals surface area contributed by atoms with Crippen molar-refractivity contribution in [2.75, 3.05) is 0 Å². The van der Waals surface area contributed by atoms with E-state index in [0.29, 0.717) is 12.0 Å². The molecule has 0 amide bonds. The van der Waals surface area contributed by atoms with Gasteiger partial charge < -0.3 is 4.74 Å². The maximum Gasteiger partial charge on any atom is 0.309 e. The monoisotopic (exact) mass is 310 g/mol. The maximum absolute atomic E-state index is 12.3. The molecule has 0 saturated carbocycles. The van der Waals surface area contributed by atoms with Crippen molar-refractivity contribution in [3.8, 4) is 0 Å². The Morgan fingerprint density at radius 3 is 2.17 bits per heavy atom. The van der Waals surface area contributed by atoms with Crippen molar-refractivity contribution >= 4 is 11.8 Å². The minimum absolute atomic E-state index is 0.0132.